The van der Waals surface area contributed by atoms with E-state index in [9.17, 15) is 9.18 Å². The second kappa shape index (κ2) is 6.26. The van der Waals surface area contributed by atoms with E-state index in [0.717, 1.165) is 17.0 Å². The van der Waals surface area contributed by atoms with Crippen LogP contribution >= 0.6 is 10.9 Å². The van der Waals surface area contributed by atoms with E-state index >= 15 is 0 Å². The summed E-state index contributed by atoms with van der Waals surface area (Å²) in [5.41, 5.74) is 0.907. The van der Waals surface area contributed by atoms with Gasteiger partial charge in [-0.05, 0) is 37.9 Å². The molecule has 17 heavy (non-hydrogen) atoms. The van der Waals surface area contributed by atoms with Crippen LogP contribution in [0.15, 0.2) is 12.2 Å². The van der Waals surface area contributed by atoms with Gasteiger partial charge in [0, 0.05) is 12.5 Å². The van der Waals surface area contributed by atoms with E-state index in [0.29, 0.717) is 12.8 Å². The molecule has 1 aliphatic rings. The van der Waals surface area contributed by atoms with Gasteiger partial charge in [0.1, 0.15) is 6.17 Å². The fraction of sp³-hybridized carbons (Fsp3) is 0.615. The Bertz CT molecular complexity index is 367. The largest absolute Gasteiger partial charge is 0.300 e. The monoisotopic (exact) mass is 257 g/mol. The number of allylic oxidation sites excluding steroid dienone is 1. The highest BCUT2D eigenvalue weighted by Crippen LogP contribution is 2.18. The Kier molecular flexibility index (Phi) is 5.28. The highest BCUT2D eigenvalue weighted by Gasteiger charge is 2.25. The molecule has 4 heteroatoms. The number of carbonyl (C=O) groups is 1. The van der Waals surface area contributed by atoms with Crippen LogP contribution in [-0.4, -0.2) is 46.7 Å². The quantitative estimate of drug-likeness (QED) is 0.556. The fourth-order valence-corrected chi connectivity index (χ4v) is 2.68. The van der Waals surface area contributed by atoms with Crippen LogP contribution < -0.4 is 0 Å². The molecule has 0 amide bonds. The summed E-state index contributed by atoms with van der Waals surface area (Å²) in [6, 6.07) is -0.114. The lowest BCUT2D eigenvalue weighted by molar-refractivity contribution is -0.113. The van der Waals surface area contributed by atoms with Crippen molar-refractivity contribution in [3.63, 3.8) is 0 Å². The molecule has 0 N–H and O–H groups in total. The average molecular weight is 257 g/mol. The van der Waals surface area contributed by atoms with Crippen LogP contribution in [0.2, 0.25) is 0 Å². The molecule has 2 unspecified atom stereocenters. The number of carbonyl (C=O) groups excluding carboxylic acids is 1. The van der Waals surface area contributed by atoms with Crippen LogP contribution in [-0.2, 0) is 4.79 Å². The number of nitrogens with zero attached hydrogens (tertiary/aromatic N) is 1. The zero-order valence-corrected chi connectivity index (χ0v) is 11.5. The third-order valence-corrected chi connectivity index (χ3v) is 4.19. The fourth-order valence-electron chi connectivity index (χ4n) is 1.78. The average Bonchev–Trinajstić information content (AvgIpc) is 2.27. The van der Waals surface area contributed by atoms with E-state index < -0.39 is 6.17 Å². The lowest BCUT2D eigenvalue weighted by Gasteiger charge is -2.26. The molecule has 2 nitrogen and oxygen atoms in total. The number of ketones is 1. The third-order valence-electron chi connectivity index (χ3n) is 3.08. The normalized spacial score (nSPS) is 19.0. The number of hydrogen-bond acceptors (Lipinski definition) is 2. The first-order valence-electron chi connectivity index (χ1n) is 5.88. The minimum Gasteiger partial charge on any atom is -0.300 e. The molecule has 0 spiro atoms. The van der Waals surface area contributed by atoms with Crippen LogP contribution in [0.3, 0.4) is 0 Å². The molecular formula is C13H20FNOS. The molecule has 0 radical (unpaired) electrons. The van der Waals surface area contributed by atoms with Gasteiger partial charge in [-0.3, -0.25) is 4.79 Å². The zero-order chi connectivity index (χ0) is 13.0. The number of Topliss-reactive ketones (excluding diaryl/α,β-unsaturated/α-hetero) is 1. The van der Waals surface area contributed by atoms with Gasteiger partial charge >= 0.3 is 0 Å². The van der Waals surface area contributed by atoms with E-state index in [1.165, 1.54) is 10.9 Å². The van der Waals surface area contributed by atoms with Crippen molar-refractivity contribution in [3.8, 4) is 0 Å². The molecule has 0 aliphatic heterocycles. The van der Waals surface area contributed by atoms with Crippen LogP contribution in [0.1, 0.15) is 26.7 Å². The van der Waals surface area contributed by atoms with Gasteiger partial charge in [0.2, 0.25) is 0 Å². The van der Waals surface area contributed by atoms with E-state index in [2.05, 4.69) is 6.58 Å². The summed E-state index contributed by atoms with van der Waals surface area (Å²) >= 11 is 0. The van der Waals surface area contributed by atoms with Crippen molar-refractivity contribution < 1.29 is 9.18 Å². The highest BCUT2D eigenvalue weighted by atomic mass is 32.1. The van der Waals surface area contributed by atoms with Gasteiger partial charge in [0.25, 0.3) is 0 Å². The Hall–Kier alpha value is -0.740. The molecule has 0 aromatic rings. The summed E-state index contributed by atoms with van der Waals surface area (Å²) in [6.45, 7) is 8.20. The standard InChI is InChI=1S/C13H20FNOS/c1-5-15(4)11(10(3)14)6-7-17-13-9(2)8-12(13)16/h7,10-11H,2,5-6,8H2,1,3-4H3. The first-order valence-corrected chi connectivity index (χ1v) is 6.76. The number of hydrogen-bond donors (Lipinski definition) is 0. The van der Waals surface area contributed by atoms with Gasteiger partial charge in [0.05, 0.1) is 4.86 Å². The highest BCUT2D eigenvalue weighted by molar-refractivity contribution is 7.99. The van der Waals surface area contributed by atoms with Gasteiger partial charge in [-0.25, -0.2) is 4.39 Å². The van der Waals surface area contributed by atoms with Gasteiger partial charge in [-0.2, -0.15) is 0 Å². The summed E-state index contributed by atoms with van der Waals surface area (Å²) in [4.78, 5) is 14.0. The Balaban J connectivity index is 2.67. The molecule has 2 atom stereocenters. The van der Waals surface area contributed by atoms with Gasteiger partial charge in [-0.1, -0.05) is 13.5 Å². The van der Waals surface area contributed by atoms with Crippen molar-refractivity contribution in [3.05, 3.63) is 12.2 Å². The molecule has 0 aromatic heterocycles. The molecular weight excluding hydrogens is 237 g/mol. The number of halogens is 1. The smallest absolute Gasteiger partial charge is 0.177 e. The maximum absolute atomic E-state index is 13.4. The molecule has 0 aromatic carbocycles. The summed E-state index contributed by atoms with van der Waals surface area (Å²) in [7, 11) is 3.32. The van der Waals surface area contributed by atoms with Gasteiger partial charge < -0.3 is 4.90 Å². The predicted octanol–water partition coefficient (Wildman–Crippen LogP) is 2.29. The molecule has 1 fully saturated rings. The van der Waals surface area contributed by atoms with Crippen molar-refractivity contribution in [2.24, 2.45) is 0 Å². The molecule has 0 heterocycles. The van der Waals surface area contributed by atoms with E-state index in [4.69, 9.17) is 0 Å². The predicted molar refractivity (Wildman–Crippen MR) is 74.7 cm³/mol. The third kappa shape index (κ3) is 3.61. The van der Waals surface area contributed by atoms with Crippen LogP contribution in [0.4, 0.5) is 4.39 Å². The van der Waals surface area contributed by atoms with E-state index in [1.54, 1.807) is 6.92 Å². The van der Waals surface area contributed by atoms with Gasteiger partial charge in [0.15, 0.2) is 5.78 Å². The summed E-state index contributed by atoms with van der Waals surface area (Å²) in [5.74, 6) is 0.157. The van der Waals surface area contributed by atoms with Crippen molar-refractivity contribution in [1.82, 2.24) is 4.90 Å². The first-order chi connectivity index (χ1) is 7.97. The summed E-state index contributed by atoms with van der Waals surface area (Å²) < 4.78 is 13.4. The van der Waals surface area contributed by atoms with Crippen molar-refractivity contribution in [2.75, 3.05) is 13.6 Å². The van der Waals surface area contributed by atoms with Crippen LogP contribution in [0.5, 0.6) is 0 Å². The SMILES string of the molecule is C=C1CC(=O)C1=S=CCC(C(C)F)N(C)CC. The molecule has 0 bridgehead atoms. The number of rotatable bonds is 5. The lowest BCUT2D eigenvalue weighted by Crippen LogP contribution is -2.38. The topological polar surface area (TPSA) is 20.3 Å². The zero-order valence-electron chi connectivity index (χ0n) is 10.7. The van der Waals surface area contributed by atoms with E-state index in [1.807, 2.05) is 24.2 Å². The van der Waals surface area contributed by atoms with Crippen molar-refractivity contribution >= 4 is 27.0 Å². The minimum absolute atomic E-state index is 0.114. The van der Waals surface area contributed by atoms with E-state index in [-0.39, 0.29) is 11.8 Å². The van der Waals surface area contributed by atoms with Crippen molar-refractivity contribution in [1.29, 1.82) is 0 Å². The Morgan fingerprint density at radius 1 is 1.65 bits per heavy atom. The van der Waals surface area contributed by atoms with Gasteiger partial charge in [-0.15, -0.1) is 10.9 Å². The molecule has 1 aliphatic carbocycles. The second-order valence-electron chi connectivity index (χ2n) is 4.37. The summed E-state index contributed by atoms with van der Waals surface area (Å²) in [6.07, 6.45) is 0.243. The summed E-state index contributed by atoms with van der Waals surface area (Å²) in [5, 5.41) is 1.92. The Morgan fingerprint density at radius 3 is 2.71 bits per heavy atom. The number of alkyl halides is 1. The minimum atomic E-state index is -0.873. The second-order valence-corrected chi connectivity index (χ2v) is 5.35. The van der Waals surface area contributed by atoms with Crippen LogP contribution in [0, 0.1) is 0 Å². The van der Waals surface area contributed by atoms with Crippen LogP contribution in [0.25, 0.3) is 0 Å². The van der Waals surface area contributed by atoms with Crippen molar-refractivity contribution in [2.45, 2.75) is 38.9 Å². The maximum Gasteiger partial charge on any atom is 0.177 e. The first kappa shape index (κ1) is 14.3. The lowest BCUT2D eigenvalue weighted by atomic mass is 9.92. The molecule has 1 saturated carbocycles. The molecule has 96 valence electrons. The Morgan fingerprint density at radius 2 is 2.29 bits per heavy atom. The maximum atomic E-state index is 13.4. The Labute approximate surface area is 106 Å². The molecule has 0 saturated heterocycles. The molecule has 1 rings (SSSR count).